The van der Waals surface area contributed by atoms with E-state index in [1.807, 2.05) is 6.92 Å². The second-order valence-electron chi connectivity index (χ2n) is 10.1. The van der Waals surface area contributed by atoms with Gasteiger partial charge in [-0.05, 0) is 61.9 Å². The molecule has 5 aliphatic rings. The van der Waals surface area contributed by atoms with E-state index >= 15 is 0 Å². The van der Waals surface area contributed by atoms with Crippen molar-refractivity contribution in [3.05, 3.63) is 12.2 Å². The fourth-order valence-corrected chi connectivity index (χ4v) is 7.64. The van der Waals surface area contributed by atoms with E-state index in [0.29, 0.717) is 25.0 Å². The second-order valence-corrected chi connectivity index (χ2v) is 10.1. The maximum absolute atomic E-state index is 13.4. The van der Waals surface area contributed by atoms with Gasteiger partial charge in [-0.25, -0.2) is 0 Å². The average Bonchev–Trinajstić information content (AvgIpc) is 3.04. The first-order valence-corrected chi connectivity index (χ1v) is 10.6. The first-order valence-electron chi connectivity index (χ1n) is 10.6. The number of carbonyl (C=O) groups is 2. The topological polar surface area (TPSA) is 82.1 Å². The van der Waals surface area contributed by atoms with Gasteiger partial charge in [0.05, 0.1) is 5.41 Å². The smallest absolute Gasteiger partial charge is 0.320 e. The molecule has 0 unspecified atom stereocenters. The normalized spacial score (nSPS) is 51.4. The molecule has 0 radical (unpaired) electrons. The summed E-state index contributed by atoms with van der Waals surface area (Å²) in [5, 5.41) is 11.0. The first kappa shape index (κ1) is 18.8. The summed E-state index contributed by atoms with van der Waals surface area (Å²) in [5.74, 6) is -1.01. The zero-order chi connectivity index (χ0) is 20.1. The Morgan fingerprint density at radius 3 is 2.71 bits per heavy atom. The molecular weight excluding hydrogens is 360 g/mol. The van der Waals surface area contributed by atoms with Crippen molar-refractivity contribution in [2.24, 2.45) is 34.0 Å². The summed E-state index contributed by atoms with van der Waals surface area (Å²) < 4.78 is 18.1. The molecule has 2 spiro atoms. The van der Waals surface area contributed by atoms with Gasteiger partial charge < -0.3 is 19.3 Å². The molecule has 2 heterocycles. The number of rotatable bonds is 2. The van der Waals surface area contributed by atoms with Crippen LogP contribution < -0.4 is 0 Å². The third kappa shape index (κ3) is 1.90. The van der Waals surface area contributed by atoms with Crippen molar-refractivity contribution in [3.8, 4) is 0 Å². The van der Waals surface area contributed by atoms with Gasteiger partial charge in [0.15, 0.2) is 18.4 Å². The molecular formula is C22H30O6. The van der Waals surface area contributed by atoms with Crippen molar-refractivity contribution in [1.29, 1.82) is 0 Å². The molecule has 8 atom stereocenters. The third-order valence-corrected chi connectivity index (χ3v) is 8.64. The monoisotopic (exact) mass is 390 g/mol. The molecule has 2 saturated heterocycles. The van der Waals surface area contributed by atoms with Crippen LogP contribution in [0.4, 0.5) is 0 Å². The number of hydrogen-bond donors (Lipinski definition) is 1. The number of hydrogen-bond acceptors (Lipinski definition) is 6. The molecule has 6 heteroatoms. The number of Topliss-reactive ketones (excluding diaryl/α,β-unsaturated/α-hetero) is 1. The molecule has 3 aliphatic carbocycles. The summed E-state index contributed by atoms with van der Waals surface area (Å²) in [5.41, 5.74) is -1.56. The maximum atomic E-state index is 13.4. The molecule has 5 rings (SSSR count). The fraction of sp³-hybridized carbons (Fsp3) is 0.818. The van der Waals surface area contributed by atoms with E-state index < -0.39 is 35.5 Å². The van der Waals surface area contributed by atoms with Crippen molar-refractivity contribution in [2.75, 3.05) is 6.61 Å². The maximum Gasteiger partial charge on any atom is 0.320 e. The van der Waals surface area contributed by atoms with Crippen LogP contribution in [0.5, 0.6) is 0 Å². The minimum absolute atomic E-state index is 0.0529. The van der Waals surface area contributed by atoms with Crippen LogP contribution in [0.2, 0.25) is 0 Å². The van der Waals surface area contributed by atoms with Gasteiger partial charge >= 0.3 is 5.97 Å². The lowest BCUT2D eigenvalue weighted by atomic mass is 9.43. The van der Waals surface area contributed by atoms with Gasteiger partial charge in [0.1, 0.15) is 11.5 Å². The van der Waals surface area contributed by atoms with Crippen molar-refractivity contribution >= 4 is 11.8 Å². The number of aliphatic hydroxyl groups is 1. The largest absolute Gasteiger partial charge is 0.461 e. The summed E-state index contributed by atoms with van der Waals surface area (Å²) in [4.78, 5) is 26.7. The lowest BCUT2D eigenvalue weighted by molar-refractivity contribution is -0.278. The predicted molar refractivity (Wildman–Crippen MR) is 98.7 cm³/mol. The Morgan fingerprint density at radius 2 is 2.00 bits per heavy atom. The molecule has 6 nitrogen and oxygen atoms in total. The Kier molecular flexibility index (Phi) is 3.80. The van der Waals surface area contributed by atoms with E-state index in [4.69, 9.17) is 14.2 Å². The van der Waals surface area contributed by atoms with Crippen LogP contribution in [0.3, 0.4) is 0 Å². The number of aliphatic hydroxyl groups excluding tert-OH is 1. The average molecular weight is 390 g/mol. The van der Waals surface area contributed by atoms with Gasteiger partial charge in [-0.1, -0.05) is 20.4 Å². The number of fused-ring (bicyclic) bond motifs is 1. The molecule has 0 aromatic heterocycles. The van der Waals surface area contributed by atoms with E-state index in [9.17, 15) is 14.7 Å². The Labute approximate surface area is 165 Å². The van der Waals surface area contributed by atoms with E-state index in [0.717, 1.165) is 19.3 Å². The molecule has 5 fully saturated rings. The number of esters is 1. The number of carbonyl (C=O) groups excluding carboxylic acids is 2. The van der Waals surface area contributed by atoms with Crippen LogP contribution in [0.1, 0.15) is 52.9 Å². The highest BCUT2D eigenvalue weighted by Gasteiger charge is 2.80. The van der Waals surface area contributed by atoms with E-state index in [-0.39, 0.29) is 29.0 Å². The van der Waals surface area contributed by atoms with Crippen molar-refractivity contribution in [2.45, 2.75) is 71.6 Å². The minimum atomic E-state index is -1.19. The second kappa shape index (κ2) is 5.67. The standard InChI is InChI=1S/C22H30O6/c1-5-26-19-22-13-7-6-12-10-21(13,16(23)11(12)2)18(25)27-14(22)8-9-20(3,4)15(22)17(24)28-19/h12-15,17,19,24H,2,5-10H2,1,3-4H3/t12-,13-,14+,15-,17-,19+,21+,22+/m1/s1. The molecule has 2 bridgehead atoms. The Balaban J connectivity index is 1.74. The van der Waals surface area contributed by atoms with Crippen molar-refractivity contribution < 1.29 is 28.9 Å². The summed E-state index contributed by atoms with van der Waals surface area (Å²) in [7, 11) is 0. The van der Waals surface area contributed by atoms with Crippen LogP contribution in [0, 0.1) is 34.0 Å². The van der Waals surface area contributed by atoms with Crippen molar-refractivity contribution in [3.63, 3.8) is 0 Å². The van der Waals surface area contributed by atoms with Gasteiger partial charge in [-0.3, -0.25) is 9.59 Å². The lowest BCUT2D eigenvalue weighted by Crippen LogP contribution is -2.70. The van der Waals surface area contributed by atoms with Crippen LogP contribution in [-0.2, 0) is 23.8 Å². The van der Waals surface area contributed by atoms with E-state index in [1.54, 1.807) is 0 Å². The first-order chi connectivity index (χ1) is 13.2. The molecule has 3 saturated carbocycles. The van der Waals surface area contributed by atoms with Crippen LogP contribution >= 0.6 is 0 Å². The highest BCUT2D eigenvalue weighted by Crippen LogP contribution is 2.72. The minimum Gasteiger partial charge on any atom is -0.461 e. The summed E-state index contributed by atoms with van der Waals surface area (Å²) in [6.45, 7) is 10.6. The molecule has 154 valence electrons. The Hall–Kier alpha value is -1.24. The predicted octanol–water partition coefficient (Wildman–Crippen LogP) is 2.59. The number of ether oxygens (including phenoxy) is 3. The summed E-state index contributed by atoms with van der Waals surface area (Å²) in [6, 6.07) is 0. The molecule has 28 heavy (non-hydrogen) atoms. The molecule has 0 aromatic carbocycles. The van der Waals surface area contributed by atoms with Crippen molar-refractivity contribution in [1.82, 2.24) is 0 Å². The van der Waals surface area contributed by atoms with Gasteiger partial charge in [-0.2, -0.15) is 0 Å². The van der Waals surface area contributed by atoms with Crippen LogP contribution in [0.25, 0.3) is 0 Å². The molecule has 1 N–H and O–H groups in total. The molecule has 2 aliphatic heterocycles. The van der Waals surface area contributed by atoms with Gasteiger partial charge in [0.2, 0.25) is 0 Å². The zero-order valence-electron chi connectivity index (χ0n) is 16.9. The van der Waals surface area contributed by atoms with Gasteiger partial charge in [0.25, 0.3) is 0 Å². The Morgan fingerprint density at radius 1 is 1.25 bits per heavy atom. The lowest BCUT2D eigenvalue weighted by Gasteiger charge is -2.62. The quantitative estimate of drug-likeness (QED) is 0.443. The van der Waals surface area contributed by atoms with Crippen LogP contribution in [-0.4, -0.2) is 42.1 Å². The number of allylic oxidation sites excluding steroid dienone is 1. The summed E-state index contributed by atoms with van der Waals surface area (Å²) >= 11 is 0. The molecule has 0 aromatic rings. The summed E-state index contributed by atoms with van der Waals surface area (Å²) in [6.07, 6.45) is 1.47. The zero-order valence-corrected chi connectivity index (χ0v) is 16.9. The molecule has 0 amide bonds. The Bertz CT molecular complexity index is 758. The fourth-order valence-electron chi connectivity index (χ4n) is 7.64. The highest BCUT2D eigenvalue weighted by atomic mass is 16.7. The SMILES string of the molecule is C=C1C(=O)[C@]23C[C@H]1CC[C@H]2[C@@]12[C@@H](OCC)O[C@@H](O)[C@@H]1C(C)(C)CC[C@@H]2OC3=O. The van der Waals surface area contributed by atoms with Crippen LogP contribution in [0.15, 0.2) is 12.2 Å². The van der Waals surface area contributed by atoms with E-state index in [2.05, 4.69) is 20.4 Å². The third-order valence-electron chi connectivity index (χ3n) is 8.64. The number of ketones is 1. The van der Waals surface area contributed by atoms with Gasteiger partial charge in [0, 0.05) is 12.5 Å². The highest BCUT2D eigenvalue weighted by molar-refractivity contribution is 6.15. The van der Waals surface area contributed by atoms with E-state index in [1.165, 1.54) is 0 Å². The van der Waals surface area contributed by atoms with Gasteiger partial charge in [-0.15, -0.1) is 0 Å².